The molecular weight excluding hydrogens is 408 g/mol. The topological polar surface area (TPSA) is 106 Å². The average Bonchev–Trinajstić information content (AvgIpc) is 3.31. The number of para-hydroxylation sites is 1. The lowest BCUT2D eigenvalue weighted by atomic mass is 10.2. The zero-order valence-corrected chi connectivity index (χ0v) is 16.8. The first-order valence-corrected chi connectivity index (χ1v) is 10.5. The number of rotatable bonds is 5. The molecule has 0 saturated heterocycles. The second-order valence-corrected chi connectivity index (χ2v) is 8.12. The summed E-state index contributed by atoms with van der Waals surface area (Å²) in [5, 5.41) is 13.2. The molecule has 0 aliphatic rings. The lowest BCUT2D eigenvalue weighted by molar-refractivity contribution is -0.113. The van der Waals surface area contributed by atoms with Crippen LogP contribution in [0.3, 0.4) is 0 Å². The molecule has 10 heteroatoms. The maximum atomic E-state index is 12.3. The Labute approximate surface area is 172 Å². The van der Waals surface area contributed by atoms with Crippen LogP contribution in [0.4, 0.5) is 5.13 Å². The van der Waals surface area contributed by atoms with E-state index in [1.54, 1.807) is 7.11 Å². The van der Waals surface area contributed by atoms with Crippen LogP contribution >= 0.6 is 23.1 Å². The number of amides is 1. The van der Waals surface area contributed by atoms with Crippen molar-refractivity contribution in [3.8, 4) is 5.75 Å². The minimum atomic E-state index is -0.179. The van der Waals surface area contributed by atoms with Crippen molar-refractivity contribution in [1.29, 1.82) is 0 Å². The van der Waals surface area contributed by atoms with Crippen molar-refractivity contribution >= 4 is 66.4 Å². The molecule has 29 heavy (non-hydrogen) atoms. The van der Waals surface area contributed by atoms with Gasteiger partial charge in [-0.05, 0) is 24.3 Å². The van der Waals surface area contributed by atoms with E-state index in [0.29, 0.717) is 15.9 Å². The summed E-state index contributed by atoms with van der Waals surface area (Å²) in [6.07, 6.45) is 0. The Morgan fingerprint density at radius 1 is 1.21 bits per heavy atom. The normalized spacial score (nSPS) is 11.3. The highest BCUT2D eigenvalue weighted by Gasteiger charge is 2.12. The molecule has 3 aromatic heterocycles. The van der Waals surface area contributed by atoms with Gasteiger partial charge in [-0.2, -0.15) is 0 Å². The molecule has 5 aromatic rings. The Hall–Kier alpha value is -3.24. The molecule has 0 fully saturated rings. The largest absolute Gasteiger partial charge is 0.497 e. The molecule has 0 atom stereocenters. The van der Waals surface area contributed by atoms with Crippen LogP contribution in [0.2, 0.25) is 0 Å². The van der Waals surface area contributed by atoms with Gasteiger partial charge in [-0.1, -0.05) is 41.3 Å². The summed E-state index contributed by atoms with van der Waals surface area (Å²) in [5.41, 5.74) is 3.15. The summed E-state index contributed by atoms with van der Waals surface area (Å²) >= 11 is 2.63. The monoisotopic (exact) mass is 422 g/mol. The van der Waals surface area contributed by atoms with Crippen molar-refractivity contribution in [2.75, 3.05) is 18.2 Å². The zero-order valence-electron chi connectivity index (χ0n) is 15.2. The van der Waals surface area contributed by atoms with Crippen molar-refractivity contribution in [2.24, 2.45) is 0 Å². The van der Waals surface area contributed by atoms with Crippen molar-refractivity contribution in [3.63, 3.8) is 0 Å². The fraction of sp³-hybridized carbons (Fsp3) is 0.105. The minimum Gasteiger partial charge on any atom is -0.497 e. The van der Waals surface area contributed by atoms with E-state index >= 15 is 0 Å². The molecule has 0 unspecified atom stereocenters. The molecule has 0 radical (unpaired) electrons. The first-order valence-electron chi connectivity index (χ1n) is 8.68. The highest BCUT2D eigenvalue weighted by molar-refractivity contribution is 7.99. The summed E-state index contributed by atoms with van der Waals surface area (Å²) < 4.78 is 6.16. The number of thioether (sulfide) groups is 1. The van der Waals surface area contributed by atoms with Gasteiger partial charge in [-0.15, -0.1) is 10.2 Å². The van der Waals surface area contributed by atoms with Gasteiger partial charge in [0.2, 0.25) is 11.1 Å². The number of carbonyl (C=O) groups is 1. The number of anilines is 1. The third-order valence-corrected chi connectivity index (χ3v) is 6.05. The van der Waals surface area contributed by atoms with E-state index < -0.39 is 0 Å². The molecule has 0 spiro atoms. The van der Waals surface area contributed by atoms with Crippen LogP contribution in [0.5, 0.6) is 5.75 Å². The number of nitrogens with zero attached hydrogens (tertiary/aromatic N) is 4. The van der Waals surface area contributed by atoms with Crippen LogP contribution in [-0.4, -0.2) is 43.9 Å². The van der Waals surface area contributed by atoms with Gasteiger partial charge in [0.25, 0.3) is 0 Å². The van der Waals surface area contributed by atoms with Crippen LogP contribution in [0, 0.1) is 0 Å². The Morgan fingerprint density at radius 3 is 3.00 bits per heavy atom. The maximum Gasteiger partial charge on any atom is 0.236 e. The number of H-pyrrole nitrogens is 1. The predicted octanol–water partition coefficient (Wildman–Crippen LogP) is 3.86. The molecular formula is C19H14N6O2S2. The number of hydrogen-bond donors (Lipinski definition) is 2. The van der Waals surface area contributed by atoms with Crippen LogP contribution in [0.25, 0.3) is 32.3 Å². The van der Waals surface area contributed by atoms with Gasteiger partial charge in [0, 0.05) is 10.9 Å². The summed E-state index contributed by atoms with van der Waals surface area (Å²) in [5.74, 6) is 0.736. The van der Waals surface area contributed by atoms with Gasteiger partial charge in [-0.3, -0.25) is 4.79 Å². The molecule has 5 rings (SSSR count). The molecule has 0 aliphatic heterocycles. The van der Waals surface area contributed by atoms with Crippen molar-refractivity contribution in [3.05, 3.63) is 42.5 Å². The Balaban J connectivity index is 1.28. The number of nitrogens with one attached hydrogen (secondary N) is 2. The third-order valence-electron chi connectivity index (χ3n) is 4.28. The van der Waals surface area contributed by atoms with Crippen LogP contribution < -0.4 is 10.1 Å². The summed E-state index contributed by atoms with van der Waals surface area (Å²) in [6, 6.07) is 13.4. The highest BCUT2D eigenvalue weighted by atomic mass is 32.2. The van der Waals surface area contributed by atoms with E-state index in [4.69, 9.17) is 4.74 Å². The van der Waals surface area contributed by atoms with E-state index in [0.717, 1.165) is 32.4 Å². The van der Waals surface area contributed by atoms with E-state index in [9.17, 15) is 4.79 Å². The first kappa shape index (κ1) is 17.8. The lowest BCUT2D eigenvalue weighted by Gasteiger charge is -2.00. The zero-order chi connectivity index (χ0) is 19.8. The van der Waals surface area contributed by atoms with Crippen molar-refractivity contribution in [2.45, 2.75) is 5.16 Å². The number of aromatic nitrogens is 5. The second kappa shape index (κ2) is 7.30. The number of carbonyl (C=O) groups excluding carboxylic acids is 1. The van der Waals surface area contributed by atoms with Gasteiger partial charge < -0.3 is 15.0 Å². The summed E-state index contributed by atoms with van der Waals surface area (Å²) in [6.45, 7) is 0. The Kier molecular flexibility index (Phi) is 4.49. The second-order valence-electron chi connectivity index (χ2n) is 6.15. The van der Waals surface area contributed by atoms with Gasteiger partial charge in [-0.25, -0.2) is 9.97 Å². The third kappa shape index (κ3) is 3.47. The van der Waals surface area contributed by atoms with E-state index in [1.807, 2.05) is 42.5 Å². The molecule has 3 heterocycles. The molecule has 8 nitrogen and oxygen atoms in total. The lowest BCUT2D eigenvalue weighted by Crippen LogP contribution is -2.14. The minimum absolute atomic E-state index is 0.159. The smallest absolute Gasteiger partial charge is 0.236 e. The van der Waals surface area contributed by atoms with Gasteiger partial charge in [0.1, 0.15) is 11.3 Å². The number of methoxy groups -OCH3 is 1. The molecule has 144 valence electrons. The van der Waals surface area contributed by atoms with Crippen LogP contribution in [-0.2, 0) is 4.79 Å². The fourth-order valence-electron chi connectivity index (χ4n) is 2.94. The maximum absolute atomic E-state index is 12.3. The highest BCUT2D eigenvalue weighted by Crippen LogP contribution is 2.29. The fourth-order valence-corrected chi connectivity index (χ4v) is 4.44. The number of hydrogen-bond acceptors (Lipinski definition) is 8. The van der Waals surface area contributed by atoms with Gasteiger partial charge in [0.15, 0.2) is 10.8 Å². The standard InChI is InChI=1S/C19H14N6O2S2/c1-27-10-6-7-13-14(8-10)29-18(21-13)22-15(26)9-28-19-23-17-16(24-25-19)11-4-2-3-5-12(11)20-17/h2-8H,9H2,1H3,(H,20,23,25)(H,21,22,26). The van der Waals surface area contributed by atoms with E-state index in [2.05, 4.69) is 30.5 Å². The molecule has 0 aliphatic carbocycles. The average molecular weight is 422 g/mol. The number of aromatic amines is 1. The SMILES string of the molecule is COc1ccc2nc(NC(=O)CSc3nnc4c(n3)[nH]c3ccccc34)sc2c1. The number of fused-ring (bicyclic) bond motifs is 4. The number of thiazole rings is 1. The summed E-state index contributed by atoms with van der Waals surface area (Å²) in [4.78, 5) is 24.4. The van der Waals surface area contributed by atoms with Crippen molar-refractivity contribution in [1.82, 2.24) is 25.1 Å². The molecule has 1 amide bonds. The molecule has 2 aromatic carbocycles. The number of ether oxygens (including phenoxy) is 1. The molecule has 0 bridgehead atoms. The van der Waals surface area contributed by atoms with Gasteiger partial charge >= 0.3 is 0 Å². The van der Waals surface area contributed by atoms with E-state index in [-0.39, 0.29) is 11.7 Å². The van der Waals surface area contributed by atoms with E-state index in [1.165, 1.54) is 23.1 Å². The van der Waals surface area contributed by atoms with Crippen LogP contribution in [0.15, 0.2) is 47.6 Å². The van der Waals surface area contributed by atoms with Crippen LogP contribution in [0.1, 0.15) is 0 Å². The van der Waals surface area contributed by atoms with Gasteiger partial charge in [0.05, 0.1) is 23.1 Å². The predicted molar refractivity (Wildman–Crippen MR) is 115 cm³/mol. The number of benzene rings is 2. The Bertz CT molecular complexity index is 1360. The molecule has 0 saturated carbocycles. The first-order chi connectivity index (χ1) is 14.2. The Morgan fingerprint density at radius 2 is 2.10 bits per heavy atom. The summed E-state index contributed by atoms with van der Waals surface area (Å²) in [7, 11) is 1.62. The van der Waals surface area contributed by atoms with Crippen molar-refractivity contribution < 1.29 is 9.53 Å². The molecule has 2 N–H and O–H groups in total. The quantitative estimate of drug-likeness (QED) is 0.414.